The van der Waals surface area contributed by atoms with Crippen molar-refractivity contribution in [2.75, 3.05) is 0 Å². The molecule has 8 nitrogen and oxygen atoms in total. The zero-order valence-electron chi connectivity index (χ0n) is 18.3. The van der Waals surface area contributed by atoms with Gasteiger partial charge in [-0.1, -0.05) is 35.4 Å². The Kier molecular flexibility index (Phi) is 6.45. The van der Waals surface area contributed by atoms with E-state index in [0.29, 0.717) is 23.0 Å². The highest BCUT2D eigenvalue weighted by Crippen LogP contribution is 2.28. The van der Waals surface area contributed by atoms with Crippen molar-refractivity contribution < 1.29 is 23.7 Å². The van der Waals surface area contributed by atoms with Crippen LogP contribution in [-0.4, -0.2) is 20.9 Å². The first kappa shape index (κ1) is 21.8. The van der Waals surface area contributed by atoms with Gasteiger partial charge in [-0.05, 0) is 62.4 Å². The van der Waals surface area contributed by atoms with Gasteiger partial charge in [-0.3, -0.25) is 4.79 Å². The van der Waals surface area contributed by atoms with Gasteiger partial charge in [0, 0.05) is 6.92 Å². The number of aryl methyl sites for hydroxylation is 2. The van der Waals surface area contributed by atoms with Crippen LogP contribution in [0.1, 0.15) is 18.1 Å². The quantitative estimate of drug-likeness (QED) is 0.262. The van der Waals surface area contributed by atoms with Crippen LogP contribution in [-0.2, 0) is 4.79 Å². The Bertz CT molecular complexity index is 1180. The molecule has 3 aromatic carbocycles. The molecule has 0 bridgehead atoms. The molecule has 4 aromatic rings. The number of aromatic nitrogens is 3. The van der Waals surface area contributed by atoms with Gasteiger partial charge in [0.25, 0.3) is 0 Å². The number of esters is 1. The minimum atomic E-state index is -0.406. The van der Waals surface area contributed by atoms with E-state index in [1.54, 1.807) is 24.3 Å². The first-order valence-corrected chi connectivity index (χ1v) is 10.1. The molecule has 0 atom stereocenters. The highest BCUT2D eigenvalue weighted by Gasteiger charge is 2.13. The molecule has 0 aliphatic carbocycles. The lowest BCUT2D eigenvalue weighted by molar-refractivity contribution is -0.131. The van der Waals surface area contributed by atoms with E-state index in [9.17, 15) is 4.79 Å². The molecular weight excluding hydrogens is 422 g/mol. The third kappa shape index (κ3) is 6.27. The Labute approximate surface area is 190 Å². The number of hydrogen-bond acceptors (Lipinski definition) is 8. The van der Waals surface area contributed by atoms with Gasteiger partial charge in [0.1, 0.15) is 23.0 Å². The SMILES string of the molecule is CC(=O)Oc1ccc(Oc2nc(Oc3ccc(C)cc3)nc(Oc3ccc(C)cc3)n2)cc1. The van der Waals surface area contributed by atoms with Crippen LogP contribution in [0.3, 0.4) is 0 Å². The zero-order valence-corrected chi connectivity index (χ0v) is 18.3. The number of carbonyl (C=O) groups excluding carboxylic acids is 1. The average Bonchev–Trinajstić information content (AvgIpc) is 2.78. The molecule has 0 amide bonds. The predicted octanol–water partition coefficient (Wildman–Crippen LogP) is 5.79. The summed E-state index contributed by atoms with van der Waals surface area (Å²) in [6.45, 7) is 5.30. The third-order valence-electron chi connectivity index (χ3n) is 4.33. The van der Waals surface area contributed by atoms with Crippen LogP contribution >= 0.6 is 0 Å². The Hall–Kier alpha value is -4.46. The first-order valence-electron chi connectivity index (χ1n) is 10.1. The average molecular weight is 443 g/mol. The Morgan fingerprint density at radius 2 is 0.848 bits per heavy atom. The molecule has 4 rings (SSSR count). The monoisotopic (exact) mass is 443 g/mol. The molecule has 0 N–H and O–H groups in total. The second-order valence-electron chi connectivity index (χ2n) is 7.18. The lowest BCUT2D eigenvalue weighted by Crippen LogP contribution is -2.02. The van der Waals surface area contributed by atoms with Crippen LogP contribution in [0.25, 0.3) is 0 Å². The maximum atomic E-state index is 11.1. The smallest absolute Gasteiger partial charge is 0.331 e. The van der Waals surface area contributed by atoms with Crippen LogP contribution < -0.4 is 18.9 Å². The van der Waals surface area contributed by atoms with Crippen molar-refractivity contribution in [3.63, 3.8) is 0 Å². The summed E-state index contributed by atoms with van der Waals surface area (Å²) in [5.74, 6) is 1.54. The molecule has 166 valence electrons. The maximum Gasteiger partial charge on any atom is 0.331 e. The van der Waals surface area contributed by atoms with Crippen LogP contribution in [0.4, 0.5) is 0 Å². The van der Waals surface area contributed by atoms with E-state index in [4.69, 9.17) is 18.9 Å². The topological polar surface area (TPSA) is 92.7 Å². The fourth-order valence-corrected chi connectivity index (χ4v) is 2.73. The summed E-state index contributed by atoms with van der Waals surface area (Å²) in [4.78, 5) is 23.8. The summed E-state index contributed by atoms with van der Waals surface area (Å²) in [6, 6.07) is 21.4. The summed E-state index contributed by atoms with van der Waals surface area (Å²) in [5.41, 5.74) is 2.20. The molecule has 0 aliphatic heterocycles. The summed E-state index contributed by atoms with van der Waals surface area (Å²) in [7, 11) is 0. The fourth-order valence-electron chi connectivity index (χ4n) is 2.73. The van der Waals surface area contributed by atoms with E-state index < -0.39 is 5.97 Å². The number of benzene rings is 3. The van der Waals surface area contributed by atoms with Gasteiger partial charge in [0.2, 0.25) is 0 Å². The Morgan fingerprint density at radius 3 is 1.18 bits per heavy atom. The molecule has 0 aliphatic rings. The normalized spacial score (nSPS) is 10.4. The van der Waals surface area contributed by atoms with Crippen LogP contribution in [0.2, 0.25) is 0 Å². The first-order chi connectivity index (χ1) is 15.9. The number of carbonyl (C=O) groups is 1. The highest BCUT2D eigenvalue weighted by molar-refractivity contribution is 5.69. The van der Waals surface area contributed by atoms with Gasteiger partial charge in [0.05, 0.1) is 0 Å². The maximum absolute atomic E-state index is 11.1. The van der Waals surface area contributed by atoms with Crippen molar-refractivity contribution in [2.24, 2.45) is 0 Å². The van der Waals surface area contributed by atoms with E-state index in [0.717, 1.165) is 11.1 Å². The van der Waals surface area contributed by atoms with Crippen molar-refractivity contribution in [2.45, 2.75) is 20.8 Å². The molecular formula is C25H21N3O5. The Balaban J connectivity index is 1.60. The molecule has 0 saturated carbocycles. The number of rotatable bonds is 7. The molecule has 0 spiro atoms. The van der Waals surface area contributed by atoms with E-state index >= 15 is 0 Å². The number of nitrogens with zero attached hydrogens (tertiary/aromatic N) is 3. The zero-order chi connectivity index (χ0) is 23.2. The van der Waals surface area contributed by atoms with Gasteiger partial charge >= 0.3 is 24.0 Å². The van der Waals surface area contributed by atoms with Gasteiger partial charge in [-0.15, -0.1) is 15.0 Å². The number of hydrogen-bond donors (Lipinski definition) is 0. The fraction of sp³-hybridized carbons (Fsp3) is 0.120. The summed E-state index contributed by atoms with van der Waals surface area (Å²) in [6.07, 6.45) is 0. The molecule has 0 unspecified atom stereocenters. The molecule has 0 fully saturated rings. The van der Waals surface area contributed by atoms with Gasteiger partial charge in [-0.2, -0.15) is 0 Å². The molecule has 0 saturated heterocycles. The van der Waals surface area contributed by atoms with E-state index in [-0.39, 0.29) is 18.0 Å². The van der Waals surface area contributed by atoms with Crippen molar-refractivity contribution in [3.05, 3.63) is 83.9 Å². The molecule has 1 heterocycles. The lowest BCUT2D eigenvalue weighted by atomic mass is 10.2. The second-order valence-corrected chi connectivity index (χ2v) is 7.18. The minimum Gasteiger partial charge on any atom is -0.427 e. The minimum absolute atomic E-state index is 0.0162. The lowest BCUT2D eigenvalue weighted by Gasteiger charge is -2.10. The predicted molar refractivity (Wildman–Crippen MR) is 120 cm³/mol. The van der Waals surface area contributed by atoms with Gasteiger partial charge in [0.15, 0.2) is 0 Å². The summed E-state index contributed by atoms with van der Waals surface area (Å²) >= 11 is 0. The van der Waals surface area contributed by atoms with Gasteiger partial charge in [-0.25, -0.2) is 0 Å². The van der Waals surface area contributed by atoms with Crippen molar-refractivity contribution >= 4 is 5.97 Å². The van der Waals surface area contributed by atoms with Crippen LogP contribution in [0.15, 0.2) is 72.8 Å². The van der Waals surface area contributed by atoms with Crippen molar-refractivity contribution in [3.8, 4) is 41.0 Å². The van der Waals surface area contributed by atoms with Gasteiger partial charge < -0.3 is 18.9 Å². The molecule has 8 heteroatoms. The van der Waals surface area contributed by atoms with E-state index in [2.05, 4.69) is 15.0 Å². The van der Waals surface area contributed by atoms with E-state index in [1.807, 2.05) is 62.4 Å². The Morgan fingerprint density at radius 1 is 0.545 bits per heavy atom. The van der Waals surface area contributed by atoms with Crippen LogP contribution in [0, 0.1) is 13.8 Å². The third-order valence-corrected chi connectivity index (χ3v) is 4.33. The van der Waals surface area contributed by atoms with Crippen molar-refractivity contribution in [1.29, 1.82) is 0 Å². The molecule has 1 aromatic heterocycles. The van der Waals surface area contributed by atoms with Crippen molar-refractivity contribution in [1.82, 2.24) is 15.0 Å². The number of ether oxygens (including phenoxy) is 4. The molecule has 0 radical (unpaired) electrons. The standard InChI is InChI=1S/C25H21N3O5/c1-16-4-8-20(9-5-16)31-23-26-24(32-21-10-6-17(2)7-11-21)28-25(27-23)33-22-14-12-19(13-15-22)30-18(3)29/h4-15H,1-3H3. The second kappa shape index (κ2) is 9.78. The summed E-state index contributed by atoms with van der Waals surface area (Å²) < 4.78 is 22.4. The summed E-state index contributed by atoms with van der Waals surface area (Å²) in [5, 5.41) is 0. The van der Waals surface area contributed by atoms with Crippen LogP contribution in [0.5, 0.6) is 41.0 Å². The largest absolute Gasteiger partial charge is 0.427 e. The molecule has 33 heavy (non-hydrogen) atoms. The highest BCUT2D eigenvalue weighted by atomic mass is 16.5. The van der Waals surface area contributed by atoms with E-state index in [1.165, 1.54) is 6.92 Å².